The Hall–Kier alpha value is -0.120. The van der Waals surface area contributed by atoms with Gasteiger partial charge in [0.2, 0.25) is 0 Å². The number of aliphatic hydroxyl groups excluding tert-OH is 1. The minimum absolute atomic E-state index is 0.363. The zero-order chi connectivity index (χ0) is 11.1. The Morgan fingerprint density at radius 3 is 2.47 bits per heavy atom. The highest BCUT2D eigenvalue weighted by Crippen LogP contribution is 2.24. The monoisotopic (exact) mass is 215 g/mol. The van der Waals surface area contributed by atoms with Gasteiger partial charge in [0.05, 0.1) is 6.61 Å². The lowest BCUT2D eigenvalue weighted by Crippen LogP contribution is -2.42. The Balaban J connectivity index is 2.21. The maximum Gasteiger partial charge on any atom is 0.0615 e. The summed E-state index contributed by atoms with van der Waals surface area (Å²) in [5, 5.41) is 12.7. The molecule has 1 rings (SSSR count). The van der Waals surface area contributed by atoms with Crippen molar-refractivity contribution in [3.05, 3.63) is 0 Å². The van der Waals surface area contributed by atoms with Crippen molar-refractivity contribution in [1.29, 1.82) is 0 Å². The highest BCUT2D eigenvalue weighted by Gasteiger charge is 2.21. The summed E-state index contributed by atoms with van der Waals surface area (Å²) in [6, 6.07) is 1.12. The van der Waals surface area contributed by atoms with E-state index in [0.717, 1.165) is 25.9 Å². The smallest absolute Gasteiger partial charge is 0.0615 e. The molecule has 0 aromatic heterocycles. The van der Waals surface area contributed by atoms with Gasteiger partial charge >= 0.3 is 0 Å². The van der Waals surface area contributed by atoms with Crippen molar-refractivity contribution in [3.63, 3.8) is 0 Å². The van der Waals surface area contributed by atoms with Gasteiger partial charge in [-0.15, -0.1) is 0 Å². The van der Waals surface area contributed by atoms with Crippen molar-refractivity contribution in [3.8, 4) is 0 Å². The van der Waals surface area contributed by atoms with Crippen LogP contribution in [0.1, 0.15) is 39.0 Å². The summed E-state index contributed by atoms with van der Waals surface area (Å²) in [6.45, 7) is 3.36. The molecular weight excluding hydrogens is 190 g/mol. The molecule has 15 heavy (non-hydrogen) atoms. The molecule has 1 fully saturated rings. The third kappa shape index (κ3) is 4.49. The summed E-state index contributed by atoms with van der Waals surface area (Å²) < 4.78 is 5.18. The van der Waals surface area contributed by atoms with E-state index in [2.05, 4.69) is 12.2 Å². The number of methoxy groups -OCH3 is 1. The van der Waals surface area contributed by atoms with Crippen LogP contribution in [0.3, 0.4) is 0 Å². The molecule has 0 saturated heterocycles. The Kier molecular flexibility index (Phi) is 6.22. The molecule has 0 aliphatic heterocycles. The van der Waals surface area contributed by atoms with Crippen LogP contribution in [-0.4, -0.2) is 37.5 Å². The van der Waals surface area contributed by atoms with Crippen LogP contribution < -0.4 is 5.32 Å². The number of hydrogen-bond donors (Lipinski definition) is 2. The average Bonchev–Trinajstić information content (AvgIpc) is 2.29. The second-order valence-corrected chi connectivity index (χ2v) is 4.63. The molecule has 3 nitrogen and oxygen atoms in total. The third-order valence-electron chi connectivity index (χ3n) is 3.44. The van der Waals surface area contributed by atoms with Crippen LogP contribution in [0.5, 0.6) is 0 Å². The Bertz CT molecular complexity index is 156. The maximum absolute atomic E-state index is 9.05. The molecule has 0 bridgehead atoms. The average molecular weight is 215 g/mol. The van der Waals surface area contributed by atoms with Gasteiger partial charge in [-0.05, 0) is 38.0 Å². The summed E-state index contributed by atoms with van der Waals surface area (Å²) in [6.07, 6.45) is 5.85. The van der Waals surface area contributed by atoms with E-state index in [1.165, 1.54) is 12.8 Å². The van der Waals surface area contributed by atoms with E-state index in [1.807, 2.05) is 0 Å². The van der Waals surface area contributed by atoms with Gasteiger partial charge in [0.25, 0.3) is 0 Å². The lowest BCUT2D eigenvalue weighted by Gasteiger charge is -2.31. The van der Waals surface area contributed by atoms with E-state index >= 15 is 0 Å². The molecule has 0 aromatic rings. The van der Waals surface area contributed by atoms with Crippen molar-refractivity contribution in [2.24, 2.45) is 5.92 Å². The molecule has 0 amide bonds. The molecule has 3 heteroatoms. The summed E-state index contributed by atoms with van der Waals surface area (Å²) in [7, 11) is 1.76. The van der Waals surface area contributed by atoms with Crippen LogP contribution in [0.25, 0.3) is 0 Å². The second-order valence-electron chi connectivity index (χ2n) is 4.63. The lowest BCUT2D eigenvalue weighted by molar-refractivity contribution is 0.139. The molecule has 1 aliphatic rings. The molecule has 1 atom stereocenters. The van der Waals surface area contributed by atoms with E-state index < -0.39 is 0 Å². The fraction of sp³-hybridized carbons (Fsp3) is 1.00. The molecule has 0 heterocycles. The normalized spacial score (nSPS) is 29.0. The first-order valence-corrected chi connectivity index (χ1v) is 6.16. The zero-order valence-corrected chi connectivity index (χ0v) is 10.0. The zero-order valence-electron chi connectivity index (χ0n) is 10.0. The molecular formula is C12H25NO2. The topological polar surface area (TPSA) is 41.5 Å². The fourth-order valence-electron chi connectivity index (χ4n) is 2.33. The first-order valence-electron chi connectivity index (χ1n) is 6.16. The number of hydrogen-bond acceptors (Lipinski definition) is 3. The van der Waals surface area contributed by atoms with E-state index in [0.29, 0.717) is 24.6 Å². The third-order valence-corrected chi connectivity index (χ3v) is 3.44. The Morgan fingerprint density at radius 2 is 2.00 bits per heavy atom. The van der Waals surface area contributed by atoms with E-state index in [9.17, 15) is 0 Å². The van der Waals surface area contributed by atoms with E-state index in [4.69, 9.17) is 9.84 Å². The highest BCUT2D eigenvalue weighted by atomic mass is 16.5. The molecule has 0 radical (unpaired) electrons. The standard InChI is InChI=1S/C12H25NO2/c1-3-11(9-15-2)13-12-6-4-10(8-14)5-7-12/h10-14H,3-9H2,1-2H3. The van der Waals surface area contributed by atoms with Gasteiger partial charge in [-0.3, -0.25) is 0 Å². The van der Waals surface area contributed by atoms with Crippen molar-refractivity contribution in [1.82, 2.24) is 5.32 Å². The minimum atomic E-state index is 0.363. The summed E-state index contributed by atoms with van der Waals surface area (Å²) in [4.78, 5) is 0. The Labute approximate surface area is 93.2 Å². The quantitative estimate of drug-likeness (QED) is 0.706. The van der Waals surface area contributed by atoms with Gasteiger partial charge in [0.1, 0.15) is 0 Å². The molecule has 1 aliphatic carbocycles. The van der Waals surface area contributed by atoms with Gasteiger partial charge in [0.15, 0.2) is 0 Å². The number of nitrogens with one attached hydrogen (secondary N) is 1. The number of ether oxygens (including phenoxy) is 1. The van der Waals surface area contributed by atoms with E-state index in [1.54, 1.807) is 7.11 Å². The summed E-state index contributed by atoms with van der Waals surface area (Å²) in [5.74, 6) is 0.547. The van der Waals surface area contributed by atoms with Crippen LogP contribution in [0.15, 0.2) is 0 Å². The van der Waals surface area contributed by atoms with Crippen LogP contribution in [0.2, 0.25) is 0 Å². The van der Waals surface area contributed by atoms with Gasteiger partial charge in [0, 0.05) is 25.8 Å². The van der Waals surface area contributed by atoms with Crippen LogP contribution in [0, 0.1) is 5.92 Å². The lowest BCUT2D eigenvalue weighted by atomic mass is 9.86. The molecule has 2 N–H and O–H groups in total. The molecule has 1 unspecified atom stereocenters. The van der Waals surface area contributed by atoms with E-state index in [-0.39, 0.29) is 0 Å². The Morgan fingerprint density at radius 1 is 1.33 bits per heavy atom. The number of rotatable bonds is 6. The first-order chi connectivity index (χ1) is 7.30. The van der Waals surface area contributed by atoms with Crippen molar-refractivity contribution < 1.29 is 9.84 Å². The van der Waals surface area contributed by atoms with Gasteiger partial charge < -0.3 is 15.2 Å². The van der Waals surface area contributed by atoms with Gasteiger partial charge in [-0.1, -0.05) is 6.92 Å². The summed E-state index contributed by atoms with van der Waals surface area (Å²) >= 11 is 0. The molecule has 90 valence electrons. The number of aliphatic hydroxyl groups is 1. The largest absolute Gasteiger partial charge is 0.396 e. The molecule has 0 aromatic carbocycles. The molecule has 0 spiro atoms. The second kappa shape index (κ2) is 7.20. The minimum Gasteiger partial charge on any atom is -0.396 e. The predicted molar refractivity (Wildman–Crippen MR) is 61.9 cm³/mol. The SMILES string of the molecule is CCC(COC)NC1CCC(CO)CC1. The van der Waals surface area contributed by atoms with Gasteiger partial charge in [-0.25, -0.2) is 0 Å². The van der Waals surface area contributed by atoms with Crippen LogP contribution in [-0.2, 0) is 4.74 Å². The van der Waals surface area contributed by atoms with Crippen molar-refractivity contribution in [2.45, 2.75) is 51.1 Å². The van der Waals surface area contributed by atoms with Crippen molar-refractivity contribution in [2.75, 3.05) is 20.3 Å². The fourth-order valence-corrected chi connectivity index (χ4v) is 2.33. The van der Waals surface area contributed by atoms with Crippen molar-refractivity contribution >= 4 is 0 Å². The van der Waals surface area contributed by atoms with Crippen LogP contribution >= 0.6 is 0 Å². The first kappa shape index (κ1) is 12.9. The highest BCUT2D eigenvalue weighted by molar-refractivity contribution is 4.79. The predicted octanol–water partition coefficient (Wildman–Crippen LogP) is 1.55. The van der Waals surface area contributed by atoms with Crippen LogP contribution in [0.4, 0.5) is 0 Å². The maximum atomic E-state index is 9.05. The molecule has 1 saturated carbocycles. The summed E-state index contributed by atoms with van der Waals surface area (Å²) in [5.41, 5.74) is 0. The van der Waals surface area contributed by atoms with Gasteiger partial charge in [-0.2, -0.15) is 0 Å².